The van der Waals surface area contributed by atoms with Crippen LogP contribution in [0.2, 0.25) is 0 Å². The number of furan rings is 1. The van der Waals surface area contributed by atoms with Crippen LogP contribution in [0.5, 0.6) is 0 Å². The van der Waals surface area contributed by atoms with Gasteiger partial charge >= 0.3 is 0 Å². The Bertz CT molecular complexity index is 480. The Hall–Kier alpha value is -0.940. The maximum absolute atomic E-state index is 13.0. The summed E-state index contributed by atoms with van der Waals surface area (Å²) in [6, 6.07) is 8.20. The third kappa shape index (κ3) is 3.02. The van der Waals surface area contributed by atoms with E-state index in [0.29, 0.717) is 16.1 Å². The lowest BCUT2D eigenvalue weighted by atomic mass is 10.3. The van der Waals surface area contributed by atoms with Crippen molar-refractivity contribution in [3.8, 4) is 0 Å². The Kier molecular flexibility index (Phi) is 3.56. The van der Waals surface area contributed by atoms with Gasteiger partial charge in [0.1, 0.15) is 11.6 Å². The fourth-order valence-electron chi connectivity index (χ4n) is 1.25. The zero-order valence-electron chi connectivity index (χ0n) is 8.24. The molecule has 2 nitrogen and oxygen atoms in total. The van der Waals surface area contributed by atoms with Crippen LogP contribution in [0.1, 0.15) is 5.76 Å². The number of nitrogens with two attached hydrogens (primary N) is 1. The molecule has 0 radical (unpaired) electrons. The molecule has 0 bridgehead atoms. The fraction of sp³-hybridized carbons (Fsp3) is 0.0909. The zero-order valence-corrected chi connectivity index (χ0v) is 10.6. The Morgan fingerprint density at radius 1 is 1.31 bits per heavy atom. The Morgan fingerprint density at radius 3 is 2.75 bits per heavy atom. The first kappa shape index (κ1) is 11.5. The highest BCUT2D eigenvalue weighted by Gasteiger charge is 2.03. The summed E-state index contributed by atoms with van der Waals surface area (Å²) in [5, 5.41) is 0. The van der Waals surface area contributed by atoms with Crippen molar-refractivity contribution in [1.29, 1.82) is 0 Å². The monoisotopic (exact) mass is 301 g/mol. The second-order valence-corrected chi connectivity index (χ2v) is 5.05. The summed E-state index contributed by atoms with van der Waals surface area (Å²) in [6.45, 7) is 0. The predicted molar refractivity (Wildman–Crippen MR) is 66.8 cm³/mol. The molecule has 2 aromatic rings. The molecule has 1 aromatic carbocycles. The van der Waals surface area contributed by atoms with Crippen LogP contribution in [0.3, 0.4) is 0 Å². The molecule has 0 aliphatic rings. The summed E-state index contributed by atoms with van der Waals surface area (Å²) in [5.74, 6) is 1.16. The molecular weight excluding hydrogens is 293 g/mol. The van der Waals surface area contributed by atoms with Gasteiger partial charge in [-0.25, -0.2) is 4.39 Å². The van der Waals surface area contributed by atoms with E-state index in [1.54, 1.807) is 6.07 Å². The van der Waals surface area contributed by atoms with Gasteiger partial charge in [-0.05, 0) is 46.3 Å². The first-order valence-corrected chi connectivity index (χ1v) is 6.34. The Balaban J connectivity index is 2.04. The molecule has 0 spiro atoms. The van der Waals surface area contributed by atoms with Crippen molar-refractivity contribution in [2.75, 3.05) is 5.73 Å². The van der Waals surface area contributed by atoms with Gasteiger partial charge in [-0.2, -0.15) is 0 Å². The van der Waals surface area contributed by atoms with Crippen LogP contribution < -0.4 is 5.73 Å². The minimum atomic E-state index is -0.317. The SMILES string of the molecule is Nc1cc(F)cc(SCc2ccc(Br)o2)c1. The van der Waals surface area contributed by atoms with Crippen molar-refractivity contribution in [2.45, 2.75) is 10.6 Å². The molecule has 2 rings (SSSR count). The summed E-state index contributed by atoms with van der Waals surface area (Å²) in [5.41, 5.74) is 5.98. The lowest BCUT2D eigenvalue weighted by Gasteiger charge is -2.01. The van der Waals surface area contributed by atoms with Crippen molar-refractivity contribution in [3.05, 3.63) is 46.6 Å². The van der Waals surface area contributed by atoms with Gasteiger partial charge in [0.2, 0.25) is 0 Å². The standard InChI is InChI=1S/C11H9BrFNOS/c12-11-2-1-9(15-11)6-16-10-4-7(13)3-8(14)5-10/h1-5H,6,14H2. The number of nitrogen functional groups attached to an aromatic ring is 1. The van der Waals surface area contributed by atoms with Gasteiger partial charge in [0.05, 0.1) is 5.75 Å². The molecule has 1 heterocycles. The highest BCUT2D eigenvalue weighted by molar-refractivity contribution is 9.10. The van der Waals surface area contributed by atoms with Gasteiger partial charge in [0.25, 0.3) is 0 Å². The number of halogens is 2. The van der Waals surface area contributed by atoms with Gasteiger partial charge in [0.15, 0.2) is 4.67 Å². The number of hydrogen-bond donors (Lipinski definition) is 1. The van der Waals surface area contributed by atoms with Crippen LogP contribution in [-0.2, 0) is 5.75 Å². The van der Waals surface area contributed by atoms with Crippen molar-refractivity contribution in [1.82, 2.24) is 0 Å². The molecule has 16 heavy (non-hydrogen) atoms. The summed E-state index contributed by atoms with van der Waals surface area (Å²) in [7, 11) is 0. The molecular formula is C11H9BrFNOS. The topological polar surface area (TPSA) is 39.2 Å². The number of thioether (sulfide) groups is 1. The molecule has 1 aromatic heterocycles. The van der Waals surface area contributed by atoms with Crippen LogP contribution in [0.15, 0.2) is 44.3 Å². The second kappa shape index (κ2) is 4.93. The molecule has 5 heteroatoms. The van der Waals surface area contributed by atoms with Gasteiger partial charge in [-0.15, -0.1) is 11.8 Å². The summed E-state index contributed by atoms with van der Waals surface area (Å²) in [4.78, 5) is 0.796. The van der Waals surface area contributed by atoms with E-state index in [0.717, 1.165) is 10.7 Å². The van der Waals surface area contributed by atoms with Crippen LogP contribution in [0.4, 0.5) is 10.1 Å². The molecule has 0 aliphatic heterocycles. The predicted octanol–water partition coefficient (Wildman–Crippen LogP) is 4.06. The van der Waals surface area contributed by atoms with E-state index in [-0.39, 0.29) is 5.82 Å². The second-order valence-electron chi connectivity index (χ2n) is 3.21. The lowest BCUT2D eigenvalue weighted by molar-refractivity contribution is 0.506. The largest absolute Gasteiger partial charge is 0.453 e. The minimum absolute atomic E-state index is 0.317. The Labute approximate surface area is 105 Å². The zero-order chi connectivity index (χ0) is 11.5. The first-order chi connectivity index (χ1) is 7.63. The maximum Gasteiger partial charge on any atom is 0.169 e. The molecule has 2 N–H and O–H groups in total. The van der Waals surface area contributed by atoms with Gasteiger partial charge in [-0.3, -0.25) is 0 Å². The average Bonchev–Trinajstić information content (AvgIpc) is 2.60. The van der Waals surface area contributed by atoms with E-state index in [1.807, 2.05) is 12.1 Å². The smallest absolute Gasteiger partial charge is 0.169 e. The van der Waals surface area contributed by atoms with E-state index in [9.17, 15) is 4.39 Å². The van der Waals surface area contributed by atoms with Crippen LogP contribution in [-0.4, -0.2) is 0 Å². The molecule has 0 atom stereocenters. The first-order valence-electron chi connectivity index (χ1n) is 4.56. The maximum atomic E-state index is 13.0. The van der Waals surface area contributed by atoms with E-state index in [4.69, 9.17) is 10.2 Å². The van der Waals surface area contributed by atoms with Crippen molar-refractivity contribution < 1.29 is 8.81 Å². The highest BCUT2D eigenvalue weighted by Crippen LogP contribution is 2.27. The average molecular weight is 302 g/mol. The summed E-state index contributed by atoms with van der Waals surface area (Å²) in [6.07, 6.45) is 0. The molecule has 0 amide bonds. The molecule has 0 aliphatic carbocycles. The number of rotatable bonds is 3. The molecule has 84 valence electrons. The van der Waals surface area contributed by atoms with Crippen LogP contribution in [0.25, 0.3) is 0 Å². The highest BCUT2D eigenvalue weighted by atomic mass is 79.9. The van der Waals surface area contributed by atoms with Gasteiger partial charge in [-0.1, -0.05) is 0 Å². The number of benzene rings is 1. The van der Waals surface area contributed by atoms with Crippen LogP contribution in [0, 0.1) is 5.82 Å². The molecule has 0 fully saturated rings. The van der Waals surface area contributed by atoms with Crippen molar-refractivity contribution in [3.63, 3.8) is 0 Å². The third-order valence-electron chi connectivity index (χ3n) is 1.90. The number of hydrogen-bond acceptors (Lipinski definition) is 3. The van der Waals surface area contributed by atoms with E-state index >= 15 is 0 Å². The Morgan fingerprint density at radius 2 is 2.12 bits per heavy atom. The normalized spacial score (nSPS) is 10.6. The van der Waals surface area contributed by atoms with Crippen molar-refractivity contribution >= 4 is 33.4 Å². The fourth-order valence-corrected chi connectivity index (χ4v) is 2.47. The lowest BCUT2D eigenvalue weighted by Crippen LogP contribution is -1.87. The number of anilines is 1. The van der Waals surface area contributed by atoms with Crippen LogP contribution >= 0.6 is 27.7 Å². The van der Waals surface area contributed by atoms with E-state index in [2.05, 4.69) is 15.9 Å². The summed E-state index contributed by atoms with van der Waals surface area (Å²) >= 11 is 4.71. The molecule has 0 saturated carbocycles. The minimum Gasteiger partial charge on any atom is -0.453 e. The quantitative estimate of drug-likeness (QED) is 0.686. The van der Waals surface area contributed by atoms with E-state index in [1.165, 1.54) is 23.9 Å². The van der Waals surface area contributed by atoms with Crippen molar-refractivity contribution in [2.24, 2.45) is 0 Å². The van der Waals surface area contributed by atoms with E-state index < -0.39 is 0 Å². The summed E-state index contributed by atoms with van der Waals surface area (Å²) < 4.78 is 19.1. The molecule has 0 saturated heterocycles. The third-order valence-corrected chi connectivity index (χ3v) is 3.33. The molecule has 0 unspecified atom stereocenters. The van der Waals surface area contributed by atoms with Gasteiger partial charge < -0.3 is 10.2 Å². The van der Waals surface area contributed by atoms with Gasteiger partial charge in [0, 0.05) is 10.6 Å².